The van der Waals surface area contributed by atoms with Crippen LogP contribution in [0.3, 0.4) is 0 Å². The van der Waals surface area contributed by atoms with Gasteiger partial charge in [0.25, 0.3) is 0 Å². The first kappa shape index (κ1) is 6.01. The quantitative estimate of drug-likeness (QED) is 0.510. The predicted molar refractivity (Wildman–Crippen MR) is 43.2 cm³/mol. The van der Waals surface area contributed by atoms with Crippen LogP contribution in [0.1, 0.15) is 12.8 Å². The number of fused-ring (bicyclic) bond motifs is 1. The SMILES string of the molecule is C1=CC2CCC1=C1COCC12. The van der Waals surface area contributed by atoms with Crippen LogP contribution in [0, 0.1) is 11.8 Å². The number of ether oxygens (including phenoxy) is 1. The van der Waals surface area contributed by atoms with Crippen molar-refractivity contribution in [1.82, 2.24) is 0 Å². The maximum Gasteiger partial charge on any atom is 0.0686 e. The van der Waals surface area contributed by atoms with Gasteiger partial charge in [0.2, 0.25) is 0 Å². The molecule has 0 amide bonds. The van der Waals surface area contributed by atoms with E-state index < -0.39 is 0 Å². The molecule has 0 aromatic carbocycles. The monoisotopic (exact) mass is 148 g/mol. The minimum Gasteiger partial charge on any atom is -0.376 e. The lowest BCUT2D eigenvalue weighted by atomic mass is 9.72. The van der Waals surface area contributed by atoms with Crippen LogP contribution in [-0.4, -0.2) is 13.2 Å². The number of hydrogen-bond acceptors (Lipinski definition) is 1. The topological polar surface area (TPSA) is 9.23 Å². The van der Waals surface area contributed by atoms with Gasteiger partial charge in [0, 0.05) is 5.92 Å². The first-order valence-electron chi connectivity index (χ1n) is 4.43. The minimum absolute atomic E-state index is 0.767. The molecule has 4 rings (SSSR count). The van der Waals surface area contributed by atoms with E-state index in [0.717, 1.165) is 25.0 Å². The molecule has 1 fully saturated rings. The fourth-order valence-electron chi connectivity index (χ4n) is 2.56. The molecule has 2 unspecified atom stereocenters. The highest BCUT2D eigenvalue weighted by Crippen LogP contribution is 2.43. The fraction of sp³-hybridized carbons (Fsp3) is 0.600. The van der Waals surface area contributed by atoms with Crippen LogP contribution in [0.5, 0.6) is 0 Å². The van der Waals surface area contributed by atoms with Crippen molar-refractivity contribution in [3.8, 4) is 0 Å². The molecule has 2 atom stereocenters. The van der Waals surface area contributed by atoms with E-state index in [1.807, 2.05) is 0 Å². The van der Waals surface area contributed by atoms with Gasteiger partial charge < -0.3 is 4.74 Å². The van der Waals surface area contributed by atoms with Gasteiger partial charge in [0.1, 0.15) is 0 Å². The van der Waals surface area contributed by atoms with Gasteiger partial charge in [-0.05, 0) is 29.9 Å². The highest BCUT2D eigenvalue weighted by atomic mass is 16.5. The molecule has 1 heteroatoms. The summed E-state index contributed by atoms with van der Waals surface area (Å²) in [5.74, 6) is 1.58. The van der Waals surface area contributed by atoms with E-state index in [0.29, 0.717) is 0 Å². The Balaban J connectivity index is 2.13. The molecule has 1 heterocycles. The number of hydrogen-bond donors (Lipinski definition) is 0. The Morgan fingerprint density at radius 2 is 2.45 bits per heavy atom. The third kappa shape index (κ3) is 0.694. The van der Waals surface area contributed by atoms with Crippen molar-refractivity contribution < 1.29 is 4.74 Å². The Bertz CT molecular complexity index is 250. The zero-order valence-corrected chi connectivity index (χ0v) is 6.55. The summed E-state index contributed by atoms with van der Waals surface area (Å²) in [6.45, 7) is 1.90. The molecule has 1 aliphatic heterocycles. The van der Waals surface area contributed by atoms with Crippen molar-refractivity contribution in [1.29, 1.82) is 0 Å². The molecule has 11 heavy (non-hydrogen) atoms. The maximum atomic E-state index is 5.47. The van der Waals surface area contributed by atoms with Crippen molar-refractivity contribution in [3.05, 3.63) is 23.3 Å². The first-order valence-corrected chi connectivity index (χ1v) is 4.43. The molecule has 4 aliphatic rings. The molecule has 3 aliphatic carbocycles. The van der Waals surface area contributed by atoms with E-state index in [1.54, 1.807) is 11.1 Å². The highest BCUT2D eigenvalue weighted by molar-refractivity contribution is 5.38. The fourth-order valence-corrected chi connectivity index (χ4v) is 2.56. The molecule has 2 bridgehead atoms. The number of allylic oxidation sites excluding steroid dienone is 3. The largest absolute Gasteiger partial charge is 0.376 e. The highest BCUT2D eigenvalue weighted by Gasteiger charge is 2.35. The summed E-state index contributed by atoms with van der Waals surface area (Å²) < 4.78 is 5.47. The van der Waals surface area contributed by atoms with Gasteiger partial charge in [-0.2, -0.15) is 0 Å². The van der Waals surface area contributed by atoms with Crippen molar-refractivity contribution in [2.24, 2.45) is 11.8 Å². The smallest absolute Gasteiger partial charge is 0.0686 e. The maximum absolute atomic E-state index is 5.47. The van der Waals surface area contributed by atoms with E-state index in [-0.39, 0.29) is 0 Å². The second-order valence-electron chi connectivity index (χ2n) is 3.73. The second kappa shape index (κ2) is 1.98. The van der Waals surface area contributed by atoms with Crippen LogP contribution in [0.25, 0.3) is 0 Å². The summed E-state index contributed by atoms with van der Waals surface area (Å²) in [6, 6.07) is 0. The van der Waals surface area contributed by atoms with Crippen molar-refractivity contribution in [2.75, 3.05) is 13.2 Å². The Morgan fingerprint density at radius 1 is 1.45 bits per heavy atom. The minimum atomic E-state index is 0.767. The lowest BCUT2D eigenvalue weighted by molar-refractivity contribution is 0.177. The Hall–Kier alpha value is -0.560. The van der Waals surface area contributed by atoms with Gasteiger partial charge in [0.05, 0.1) is 13.2 Å². The lowest BCUT2D eigenvalue weighted by Gasteiger charge is -2.31. The van der Waals surface area contributed by atoms with Gasteiger partial charge >= 0.3 is 0 Å². The van der Waals surface area contributed by atoms with E-state index >= 15 is 0 Å². The summed E-state index contributed by atoms with van der Waals surface area (Å²) in [6.07, 6.45) is 7.36. The van der Waals surface area contributed by atoms with E-state index in [9.17, 15) is 0 Å². The Kier molecular flexibility index (Phi) is 1.08. The van der Waals surface area contributed by atoms with E-state index in [2.05, 4.69) is 12.2 Å². The third-order valence-electron chi connectivity index (χ3n) is 3.22. The summed E-state index contributed by atoms with van der Waals surface area (Å²) >= 11 is 0. The zero-order chi connectivity index (χ0) is 7.26. The van der Waals surface area contributed by atoms with Crippen LogP contribution in [0.4, 0.5) is 0 Å². The summed E-state index contributed by atoms with van der Waals surface area (Å²) in [4.78, 5) is 0. The van der Waals surface area contributed by atoms with Crippen LogP contribution < -0.4 is 0 Å². The van der Waals surface area contributed by atoms with Gasteiger partial charge in [-0.25, -0.2) is 0 Å². The van der Waals surface area contributed by atoms with Crippen LogP contribution in [-0.2, 0) is 4.74 Å². The molecule has 0 spiro atoms. The third-order valence-corrected chi connectivity index (χ3v) is 3.22. The van der Waals surface area contributed by atoms with Crippen LogP contribution in [0.2, 0.25) is 0 Å². The average molecular weight is 148 g/mol. The van der Waals surface area contributed by atoms with Gasteiger partial charge in [-0.1, -0.05) is 12.2 Å². The standard InChI is InChI=1S/C10H12O/c1-2-8-4-3-7(1)9-5-11-6-10(8)9/h1-2,7,9H,3-6H2. The Labute approximate surface area is 66.7 Å². The predicted octanol–water partition coefficient (Wildman–Crippen LogP) is 1.91. The van der Waals surface area contributed by atoms with Crippen LogP contribution in [0.15, 0.2) is 23.3 Å². The van der Waals surface area contributed by atoms with Gasteiger partial charge in [-0.3, -0.25) is 0 Å². The molecule has 1 nitrogen and oxygen atoms in total. The zero-order valence-electron chi connectivity index (χ0n) is 6.55. The molecule has 0 radical (unpaired) electrons. The van der Waals surface area contributed by atoms with Gasteiger partial charge in [0.15, 0.2) is 0 Å². The van der Waals surface area contributed by atoms with Crippen molar-refractivity contribution in [2.45, 2.75) is 12.8 Å². The van der Waals surface area contributed by atoms with Gasteiger partial charge in [-0.15, -0.1) is 0 Å². The molecule has 58 valence electrons. The molecular formula is C10H12O. The molecule has 0 saturated carbocycles. The summed E-state index contributed by atoms with van der Waals surface area (Å²) in [5.41, 5.74) is 3.19. The van der Waals surface area contributed by atoms with Crippen LogP contribution >= 0.6 is 0 Å². The van der Waals surface area contributed by atoms with E-state index in [4.69, 9.17) is 4.74 Å². The molecule has 0 aromatic heterocycles. The molecule has 0 N–H and O–H groups in total. The van der Waals surface area contributed by atoms with Crippen molar-refractivity contribution in [3.63, 3.8) is 0 Å². The normalized spacial score (nSPS) is 40.0. The molecular weight excluding hydrogens is 136 g/mol. The molecule has 1 saturated heterocycles. The molecule has 0 aromatic rings. The second-order valence-corrected chi connectivity index (χ2v) is 3.73. The Morgan fingerprint density at radius 3 is 3.18 bits per heavy atom. The average Bonchev–Trinajstić information content (AvgIpc) is 2.55. The lowest BCUT2D eigenvalue weighted by Crippen LogP contribution is -2.23. The van der Waals surface area contributed by atoms with Crippen molar-refractivity contribution >= 4 is 0 Å². The van der Waals surface area contributed by atoms with E-state index in [1.165, 1.54) is 12.8 Å². The summed E-state index contributed by atoms with van der Waals surface area (Å²) in [7, 11) is 0. The first-order chi connectivity index (χ1) is 5.45. The summed E-state index contributed by atoms with van der Waals surface area (Å²) in [5, 5.41) is 0. The number of rotatable bonds is 0.